The second kappa shape index (κ2) is 12.5. The summed E-state index contributed by atoms with van der Waals surface area (Å²) < 4.78 is 2.49. The highest BCUT2D eigenvalue weighted by Crippen LogP contribution is 2.30. The third-order valence-corrected chi connectivity index (χ3v) is 7.95. The van der Waals surface area contributed by atoms with Crippen LogP contribution >= 0.6 is 27.7 Å². The molecule has 0 aliphatic rings. The van der Waals surface area contributed by atoms with Crippen molar-refractivity contribution >= 4 is 51.0 Å². The lowest BCUT2D eigenvalue weighted by atomic mass is 9.99. The van der Waals surface area contributed by atoms with E-state index in [9.17, 15) is 9.59 Å². The van der Waals surface area contributed by atoms with Crippen LogP contribution in [0.25, 0.3) is 16.9 Å². The van der Waals surface area contributed by atoms with Gasteiger partial charge in [0.05, 0.1) is 22.7 Å². The maximum Gasteiger partial charge on any atom is 0.257 e. The van der Waals surface area contributed by atoms with Gasteiger partial charge in [-0.1, -0.05) is 30.3 Å². The van der Waals surface area contributed by atoms with E-state index < -0.39 is 0 Å². The number of nitrogens with zero attached hydrogens (tertiary/aromatic N) is 3. The molecule has 0 aliphatic heterocycles. The molecular formula is C32H28BrN5O2S. The largest absolute Gasteiger partial charge is 0.322 e. The first kappa shape index (κ1) is 28.3. The minimum Gasteiger partial charge on any atom is -0.322 e. The van der Waals surface area contributed by atoms with Crippen LogP contribution in [0.5, 0.6) is 0 Å². The Balaban J connectivity index is 1.31. The Morgan fingerprint density at radius 3 is 2.41 bits per heavy atom. The molecule has 206 valence electrons. The standard InChI is InChI=1S/C32H28BrN5O2S/c1-20-12-22(3)28(13-21(20)2)29-16-30(38(37-29)26-9-5-4-6-10-26)36-31(39)19-41-27-11-7-8-25(15-27)35-32(40)23-14-24(33)18-34-17-23/h4-18H,19H2,1-3H3,(H,35,40)(H,36,39). The van der Waals surface area contributed by atoms with Gasteiger partial charge >= 0.3 is 0 Å². The summed E-state index contributed by atoms with van der Waals surface area (Å²) in [6.07, 6.45) is 3.13. The van der Waals surface area contributed by atoms with E-state index in [1.165, 1.54) is 29.1 Å². The molecule has 0 atom stereocenters. The summed E-state index contributed by atoms with van der Waals surface area (Å²) in [6.45, 7) is 6.26. The quantitative estimate of drug-likeness (QED) is 0.173. The average Bonchev–Trinajstić information content (AvgIpc) is 3.38. The molecule has 2 heterocycles. The molecule has 2 aromatic heterocycles. The number of anilines is 2. The van der Waals surface area contributed by atoms with E-state index in [0.29, 0.717) is 17.1 Å². The number of halogens is 1. The van der Waals surface area contributed by atoms with Gasteiger partial charge in [-0.3, -0.25) is 14.6 Å². The Morgan fingerprint density at radius 2 is 1.63 bits per heavy atom. The van der Waals surface area contributed by atoms with Crippen LogP contribution in [0, 0.1) is 20.8 Å². The predicted molar refractivity (Wildman–Crippen MR) is 169 cm³/mol. The number of rotatable bonds is 8. The Kier molecular flexibility index (Phi) is 8.66. The molecule has 5 aromatic rings. The topological polar surface area (TPSA) is 88.9 Å². The van der Waals surface area contributed by atoms with E-state index in [-0.39, 0.29) is 17.6 Å². The Morgan fingerprint density at radius 1 is 0.854 bits per heavy atom. The van der Waals surface area contributed by atoms with Crippen LogP contribution in [0.15, 0.2) is 101 Å². The van der Waals surface area contributed by atoms with E-state index in [4.69, 9.17) is 5.10 Å². The summed E-state index contributed by atoms with van der Waals surface area (Å²) in [5, 5.41) is 10.8. The lowest BCUT2D eigenvalue weighted by molar-refractivity contribution is -0.113. The van der Waals surface area contributed by atoms with Crippen LogP contribution in [-0.2, 0) is 4.79 Å². The summed E-state index contributed by atoms with van der Waals surface area (Å²) in [7, 11) is 0. The predicted octanol–water partition coefficient (Wildman–Crippen LogP) is 7.61. The number of aromatic nitrogens is 3. The highest BCUT2D eigenvalue weighted by molar-refractivity contribution is 9.10. The molecule has 9 heteroatoms. The van der Waals surface area contributed by atoms with Crippen molar-refractivity contribution in [3.63, 3.8) is 0 Å². The zero-order chi connectivity index (χ0) is 28.9. The molecule has 0 bridgehead atoms. The van der Waals surface area contributed by atoms with Crippen molar-refractivity contribution in [3.05, 3.63) is 118 Å². The Labute approximate surface area is 251 Å². The molecule has 0 spiro atoms. The van der Waals surface area contributed by atoms with Gasteiger partial charge in [-0.15, -0.1) is 11.8 Å². The molecule has 3 aromatic carbocycles. The fourth-order valence-electron chi connectivity index (χ4n) is 4.34. The first-order valence-corrected chi connectivity index (χ1v) is 14.7. The normalized spacial score (nSPS) is 10.8. The summed E-state index contributed by atoms with van der Waals surface area (Å²) in [5.41, 5.74) is 7.31. The second-order valence-electron chi connectivity index (χ2n) is 9.62. The molecule has 0 aliphatic carbocycles. The maximum atomic E-state index is 13.1. The third-order valence-electron chi connectivity index (χ3n) is 6.52. The van der Waals surface area contributed by atoms with Crippen molar-refractivity contribution in [1.29, 1.82) is 0 Å². The zero-order valence-corrected chi connectivity index (χ0v) is 25.2. The fourth-order valence-corrected chi connectivity index (χ4v) is 5.45. The molecule has 0 unspecified atom stereocenters. The summed E-state index contributed by atoms with van der Waals surface area (Å²) in [5.74, 6) is 0.358. The minimum absolute atomic E-state index is 0.162. The summed E-state index contributed by atoms with van der Waals surface area (Å²) >= 11 is 4.72. The lowest BCUT2D eigenvalue weighted by Crippen LogP contribution is -2.17. The second-order valence-corrected chi connectivity index (χ2v) is 11.6. The number of carbonyl (C=O) groups excluding carboxylic acids is 2. The highest BCUT2D eigenvalue weighted by Gasteiger charge is 2.16. The van der Waals surface area contributed by atoms with Crippen LogP contribution in [0.3, 0.4) is 0 Å². The molecule has 0 radical (unpaired) electrons. The van der Waals surface area contributed by atoms with E-state index in [0.717, 1.165) is 31.9 Å². The van der Waals surface area contributed by atoms with Crippen molar-refractivity contribution in [1.82, 2.24) is 14.8 Å². The van der Waals surface area contributed by atoms with Crippen molar-refractivity contribution in [2.24, 2.45) is 0 Å². The Bertz CT molecular complexity index is 1740. The first-order valence-electron chi connectivity index (χ1n) is 12.9. The van der Waals surface area contributed by atoms with Crippen molar-refractivity contribution in [2.75, 3.05) is 16.4 Å². The van der Waals surface area contributed by atoms with E-state index in [1.54, 1.807) is 16.9 Å². The van der Waals surface area contributed by atoms with Crippen LogP contribution < -0.4 is 10.6 Å². The van der Waals surface area contributed by atoms with Gasteiger partial charge in [0.2, 0.25) is 5.91 Å². The monoisotopic (exact) mass is 625 g/mol. The maximum absolute atomic E-state index is 13.1. The van der Waals surface area contributed by atoms with Gasteiger partial charge in [0, 0.05) is 39.1 Å². The van der Waals surface area contributed by atoms with Crippen LogP contribution in [0.2, 0.25) is 0 Å². The summed E-state index contributed by atoms with van der Waals surface area (Å²) in [4.78, 5) is 30.6. The lowest BCUT2D eigenvalue weighted by Gasteiger charge is -2.10. The number of thioether (sulfide) groups is 1. The van der Waals surface area contributed by atoms with Crippen LogP contribution in [-0.4, -0.2) is 32.3 Å². The zero-order valence-electron chi connectivity index (χ0n) is 22.8. The fraction of sp³-hybridized carbons (Fsp3) is 0.125. The van der Waals surface area contributed by atoms with Gasteiger partial charge in [0.1, 0.15) is 5.82 Å². The summed E-state index contributed by atoms with van der Waals surface area (Å²) in [6, 6.07) is 25.1. The van der Waals surface area contributed by atoms with E-state index in [2.05, 4.69) is 64.5 Å². The molecule has 41 heavy (non-hydrogen) atoms. The Hall–Kier alpha value is -4.21. The number of hydrogen-bond donors (Lipinski definition) is 2. The van der Waals surface area contributed by atoms with Crippen LogP contribution in [0.4, 0.5) is 11.5 Å². The number of amides is 2. The van der Waals surface area contributed by atoms with Gasteiger partial charge in [-0.05, 0) is 95.9 Å². The molecule has 7 nitrogen and oxygen atoms in total. The van der Waals surface area contributed by atoms with Gasteiger partial charge in [0.25, 0.3) is 5.91 Å². The third kappa shape index (κ3) is 6.93. The van der Waals surface area contributed by atoms with Gasteiger partial charge < -0.3 is 10.6 Å². The SMILES string of the molecule is Cc1cc(C)c(-c2cc(NC(=O)CSc3cccc(NC(=O)c4cncc(Br)c4)c3)n(-c3ccccc3)n2)cc1C. The van der Waals surface area contributed by atoms with Crippen molar-refractivity contribution in [2.45, 2.75) is 25.7 Å². The number of aryl methyl sites for hydroxylation is 3. The van der Waals surface area contributed by atoms with Gasteiger partial charge in [-0.2, -0.15) is 5.10 Å². The average molecular weight is 627 g/mol. The van der Waals surface area contributed by atoms with E-state index >= 15 is 0 Å². The number of benzene rings is 3. The van der Waals surface area contributed by atoms with E-state index in [1.807, 2.05) is 60.7 Å². The molecular weight excluding hydrogens is 598 g/mol. The molecule has 2 N–H and O–H groups in total. The van der Waals surface area contributed by atoms with Crippen molar-refractivity contribution in [3.8, 4) is 16.9 Å². The number of carbonyl (C=O) groups is 2. The van der Waals surface area contributed by atoms with Gasteiger partial charge in [0.15, 0.2) is 0 Å². The molecule has 2 amide bonds. The number of para-hydroxylation sites is 1. The molecule has 5 rings (SSSR count). The molecule has 0 saturated carbocycles. The molecule has 0 saturated heterocycles. The smallest absolute Gasteiger partial charge is 0.257 e. The van der Waals surface area contributed by atoms with Crippen LogP contribution in [0.1, 0.15) is 27.0 Å². The number of nitrogens with one attached hydrogen (secondary N) is 2. The van der Waals surface area contributed by atoms with Crippen molar-refractivity contribution < 1.29 is 9.59 Å². The highest BCUT2D eigenvalue weighted by atomic mass is 79.9. The van der Waals surface area contributed by atoms with Gasteiger partial charge in [-0.25, -0.2) is 4.68 Å². The number of hydrogen-bond acceptors (Lipinski definition) is 5. The first-order chi connectivity index (χ1) is 19.8. The number of pyridine rings is 1. The minimum atomic E-state index is -0.261. The molecule has 0 fully saturated rings.